The van der Waals surface area contributed by atoms with Crippen molar-refractivity contribution in [3.63, 3.8) is 0 Å². The number of H-pyrrole nitrogens is 2. The summed E-state index contributed by atoms with van der Waals surface area (Å²) in [5.74, 6) is -15.0. The lowest BCUT2D eigenvalue weighted by atomic mass is 10.0. The van der Waals surface area contributed by atoms with Crippen molar-refractivity contribution < 1.29 is 102 Å². The van der Waals surface area contributed by atoms with Gasteiger partial charge < -0.3 is 131 Å². The van der Waals surface area contributed by atoms with Gasteiger partial charge in [0.1, 0.15) is 73.1 Å². The number of nitrogens with one attached hydrogen (secondary N) is 17. The molecule has 0 bridgehead atoms. The second-order valence-corrected chi connectivity index (χ2v) is 33.6. The van der Waals surface area contributed by atoms with E-state index in [0.29, 0.717) is 34.9 Å². The Bertz CT molecular complexity index is 4390. The van der Waals surface area contributed by atoms with Crippen LogP contribution in [0.4, 0.5) is 0 Å². The number of ether oxygens (including phenoxy) is 2. The maximum Gasteiger partial charge on any atom is 0.246 e. The van der Waals surface area contributed by atoms with Crippen molar-refractivity contribution >= 4 is 111 Å². The van der Waals surface area contributed by atoms with Crippen LogP contribution in [-0.4, -0.2) is 280 Å². The highest BCUT2D eigenvalue weighted by atomic mass is 16.5. The molecule has 133 heavy (non-hydrogen) atoms. The smallest absolute Gasteiger partial charge is 0.246 e. The highest BCUT2D eigenvalue weighted by molar-refractivity contribution is 6.01. The van der Waals surface area contributed by atoms with Crippen LogP contribution in [0.2, 0.25) is 0 Å². The van der Waals surface area contributed by atoms with Gasteiger partial charge in [0, 0.05) is 94.4 Å². The molecule has 0 saturated carbocycles. The number of aromatic nitrogens is 3. The number of amides is 16. The van der Waals surface area contributed by atoms with E-state index in [1.165, 1.54) is 76.7 Å². The Balaban J connectivity index is 1.12. The van der Waals surface area contributed by atoms with E-state index in [2.05, 4.69) is 96.3 Å². The number of aromatic amines is 2. The van der Waals surface area contributed by atoms with Crippen LogP contribution in [-0.2, 0) is 105 Å². The zero-order valence-corrected chi connectivity index (χ0v) is 76.5. The minimum Gasteiger partial charge on any atom is -0.394 e. The summed E-state index contributed by atoms with van der Waals surface area (Å²) >= 11 is 0. The largest absolute Gasteiger partial charge is 0.394 e. The first-order chi connectivity index (χ1) is 63.9. The van der Waals surface area contributed by atoms with E-state index in [1.54, 1.807) is 61.7 Å². The Morgan fingerprint density at radius 1 is 0.594 bits per heavy atom. The second-order valence-electron chi connectivity index (χ2n) is 33.6. The lowest BCUT2D eigenvalue weighted by Gasteiger charge is -2.31. The summed E-state index contributed by atoms with van der Waals surface area (Å²) in [5.41, 5.74) is 18.9. The van der Waals surface area contributed by atoms with E-state index in [9.17, 15) is 77.6 Å². The number of carbonyl (C=O) groups excluding carboxylic acids is 16. The van der Waals surface area contributed by atoms with Crippen LogP contribution < -0.4 is 91.6 Å². The number of carbonyl (C=O) groups is 16. The van der Waals surface area contributed by atoms with Gasteiger partial charge in [-0.15, -0.1) is 0 Å². The molecule has 43 nitrogen and oxygen atoms in total. The fourth-order valence-corrected chi connectivity index (χ4v) is 15.3. The molecule has 2 aliphatic heterocycles. The van der Waals surface area contributed by atoms with Gasteiger partial charge in [-0.05, 0) is 81.9 Å². The predicted molar refractivity (Wildman–Crippen MR) is 489 cm³/mol. The van der Waals surface area contributed by atoms with E-state index in [4.69, 9.17) is 32.1 Å². The van der Waals surface area contributed by atoms with Crippen molar-refractivity contribution in [2.45, 2.75) is 292 Å². The highest BCUT2D eigenvalue weighted by Gasteiger charge is 2.44. The monoisotopic (exact) mass is 1870 g/mol. The van der Waals surface area contributed by atoms with Gasteiger partial charge in [-0.2, -0.15) is 0 Å². The molecule has 13 atom stereocenters. The number of hydrogen-bond donors (Lipinski definition) is 23. The number of aliphatic hydroxyl groups excluding tert-OH is 3. The van der Waals surface area contributed by atoms with Crippen molar-refractivity contribution in [1.29, 1.82) is 5.41 Å². The molecule has 0 radical (unpaired) electrons. The fraction of sp³-hybridized carbons (Fsp3) is 0.622. The molecule has 16 amide bonds. The number of imidazole rings is 1. The van der Waals surface area contributed by atoms with Gasteiger partial charge in [-0.25, -0.2) is 4.98 Å². The molecule has 2 aromatic carbocycles. The minimum absolute atomic E-state index is 0.0106. The molecule has 2 saturated heterocycles. The van der Waals surface area contributed by atoms with Crippen LogP contribution in [0.5, 0.6) is 0 Å². The molecule has 2 aliphatic rings. The number of hydrogen-bond acceptors (Lipinski definition) is 23. The Hall–Kier alpha value is -12.2. The second kappa shape index (κ2) is 60.8. The van der Waals surface area contributed by atoms with E-state index in [0.717, 1.165) is 31.1 Å². The standard InChI is InChI=1S/C90H140N22O21/c1-4-6-8-9-10-11-12-13-14-15-16-17-21-34-74(117)97-41-42-132-43-44-133-54-77(120)100-51-76(119)111-78(56(3)114)88(130)105-66(35-37-73(91)116)82(124)108-70(47-59-50-95-55-101-59)85(127)110-71(53-113)86(128)104-64(30-7-5-2)80(122)106-67-36-38-75(118)96-39-25-24-32-63(79(92)121)102-84(126)69(46-58-49-99-62-31-23-22-29-61(58)62)107-81(123)65(33-26-40-98-90(93)94)103-83(125)68(45-57-27-19-18-20-28-57)109-87(129)72-48-60(115)52-112(72)89(67)131/h18-20,22-23,27-29,31,49-50,55-56,60,63-72,78,99,113-115H,4-17,21,24-26,30,32-48,51-54H2,1-3H3,(H2,91,116)(H2,92,121)(H,95,101)(H,96,118)(H,97,117)(H,100,120)(H,102,126)(H,103,125)(H,104,128)(H,105,130)(H,106,122)(H,107,123)(H,108,124)(H,109,129)(H,110,127)(H,111,119)(H4,93,94,98)/t56-,60-,63-,64+,65+,66+,67+,68-,69+,70+,71+,72+,78+/m1/s1. The number of fused-ring (bicyclic) bond motifs is 2. The third-order valence-electron chi connectivity index (χ3n) is 22.7. The fourth-order valence-electron chi connectivity index (χ4n) is 15.3. The molecule has 4 aromatic rings. The maximum absolute atomic E-state index is 15.3. The first kappa shape index (κ1) is 110. The van der Waals surface area contributed by atoms with Gasteiger partial charge in [0.25, 0.3) is 0 Å². The SMILES string of the molecule is CCCCCCCCCCCCCCCC(=O)NCCOCCOCC(=O)NCC(=O)N[C@H](C(=O)N[C@@H](CCC(N)=O)C(=O)N[C@@H](Cc1c[nH]cn1)C(=O)N[C@@H](CO)C(=O)N[C@@H](CCCC)C(=O)N[C@H]1CCC(=O)NCCCC[C@H](C(N)=O)NC(=O)[C@H](Cc2c[nH]c3ccccc23)NC(=O)[C@H](CCCNC(=N)N)NC(=O)[C@@H](Cc2ccccc2)NC(=O)[C@@H]2C[C@@H](O)CN2C1=O)[C@@H](C)O. The number of unbranched alkanes of at least 4 members (excludes halogenated alkanes) is 13. The zero-order valence-electron chi connectivity index (χ0n) is 76.5. The van der Waals surface area contributed by atoms with Crippen molar-refractivity contribution in [2.75, 3.05) is 65.8 Å². The summed E-state index contributed by atoms with van der Waals surface area (Å²) in [6.07, 6.45) is 14.8. The van der Waals surface area contributed by atoms with Gasteiger partial charge in [-0.1, -0.05) is 152 Å². The van der Waals surface area contributed by atoms with Crippen molar-refractivity contribution in [3.8, 4) is 0 Å². The third-order valence-corrected chi connectivity index (χ3v) is 22.7. The molecule has 26 N–H and O–H groups in total. The summed E-state index contributed by atoms with van der Waals surface area (Å²) in [4.78, 5) is 235. The van der Waals surface area contributed by atoms with Crippen LogP contribution in [0, 0.1) is 5.41 Å². The maximum atomic E-state index is 15.3. The molecular formula is C90H140N22O21. The van der Waals surface area contributed by atoms with Gasteiger partial charge in [0.2, 0.25) is 94.5 Å². The normalized spacial score (nSPS) is 19.2. The summed E-state index contributed by atoms with van der Waals surface area (Å²) in [6, 6.07) is -2.26. The predicted octanol–water partition coefficient (Wildman–Crippen LogP) is -1.87. The molecule has 43 heteroatoms. The Morgan fingerprint density at radius 2 is 1.20 bits per heavy atom. The van der Waals surface area contributed by atoms with Crippen molar-refractivity contribution in [3.05, 3.63) is 90.1 Å². The molecule has 736 valence electrons. The number of para-hydroxylation sites is 1. The van der Waals surface area contributed by atoms with E-state index >= 15 is 14.4 Å². The number of nitrogens with zero attached hydrogens (tertiary/aromatic N) is 2. The molecule has 6 rings (SSSR count). The first-order valence-electron chi connectivity index (χ1n) is 46.4. The third kappa shape index (κ3) is 41.2. The molecule has 2 fully saturated rings. The number of nitrogens with two attached hydrogens (primary N) is 3. The summed E-state index contributed by atoms with van der Waals surface area (Å²) < 4.78 is 10.8. The van der Waals surface area contributed by atoms with Crippen LogP contribution in [0.3, 0.4) is 0 Å². The average Bonchev–Trinajstić information content (AvgIpc) is 1.70. The van der Waals surface area contributed by atoms with Gasteiger partial charge >= 0.3 is 0 Å². The van der Waals surface area contributed by atoms with E-state index in [1.807, 2.05) is 6.07 Å². The minimum atomic E-state index is -1.93. The van der Waals surface area contributed by atoms with Gasteiger partial charge in [0.15, 0.2) is 5.96 Å². The summed E-state index contributed by atoms with van der Waals surface area (Å²) in [6.45, 7) is 2.83. The number of guanidine groups is 1. The molecule has 0 spiro atoms. The highest BCUT2D eigenvalue weighted by Crippen LogP contribution is 2.24. The van der Waals surface area contributed by atoms with E-state index in [-0.39, 0.29) is 115 Å². The molecule has 4 heterocycles. The van der Waals surface area contributed by atoms with Crippen LogP contribution in [0.1, 0.15) is 211 Å². The summed E-state index contributed by atoms with van der Waals surface area (Å²) in [5, 5.41) is 77.5. The quantitative estimate of drug-likeness (QED) is 0.0131. The number of aliphatic hydroxyl groups is 3. The Labute approximate surface area is 774 Å². The Morgan fingerprint density at radius 3 is 1.87 bits per heavy atom. The summed E-state index contributed by atoms with van der Waals surface area (Å²) in [7, 11) is 0. The number of primary amides is 2. The van der Waals surface area contributed by atoms with E-state index < -0.39 is 232 Å². The van der Waals surface area contributed by atoms with Crippen molar-refractivity contribution in [1.82, 2.24) is 94.3 Å². The first-order valence-corrected chi connectivity index (χ1v) is 46.4. The zero-order chi connectivity index (χ0) is 97.0. The number of rotatable bonds is 54. The number of benzene rings is 2. The topological polar surface area (TPSA) is 670 Å². The van der Waals surface area contributed by atoms with Crippen LogP contribution in [0.15, 0.2) is 73.3 Å². The lowest BCUT2D eigenvalue weighted by molar-refractivity contribution is -0.143. The molecule has 0 unspecified atom stereocenters. The molecule has 0 aliphatic carbocycles. The Kier molecular flexibility index (Phi) is 50.0. The van der Waals surface area contributed by atoms with Crippen molar-refractivity contribution in [2.24, 2.45) is 17.2 Å². The van der Waals surface area contributed by atoms with Gasteiger partial charge in [-0.3, -0.25) is 82.1 Å². The lowest BCUT2D eigenvalue weighted by Crippen LogP contribution is -2.61. The van der Waals surface area contributed by atoms with Crippen LogP contribution in [0.25, 0.3) is 10.9 Å². The molecular weight excluding hydrogens is 1730 g/mol. The average molecular weight is 1870 g/mol. The van der Waals surface area contributed by atoms with Crippen LogP contribution >= 0.6 is 0 Å². The molecule has 2 aromatic heterocycles. The van der Waals surface area contributed by atoms with Gasteiger partial charge in [0.05, 0.1) is 57.2 Å².